The van der Waals surface area contributed by atoms with Crippen molar-refractivity contribution in [2.24, 2.45) is 0 Å². The highest BCUT2D eigenvalue weighted by Gasteiger charge is 2.14. The number of ether oxygens (including phenoxy) is 1. The Balaban J connectivity index is 1.64. The molecule has 1 fully saturated rings. The summed E-state index contributed by atoms with van der Waals surface area (Å²) in [5, 5.41) is 4.50. The predicted molar refractivity (Wildman–Crippen MR) is 84.9 cm³/mol. The van der Waals surface area contributed by atoms with Crippen molar-refractivity contribution < 1.29 is 4.74 Å². The van der Waals surface area contributed by atoms with Crippen molar-refractivity contribution in [2.75, 3.05) is 32.0 Å². The SMILES string of the molecule is Cc1ccc2c(N)c(OCCCN3CCCC3)nn2c1C. The van der Waals surface area contributed by atoms with Crippen molar-refractivity contribution in [3.63, 3.8) is 0 Å². The van der Waals surface area contributed by atoms with Crippen molar-refractivity contribution in [3.05, 3.63) is 23.4 Å². The molecule has 0 saturated carbocycles. The molecule has 2 aromatic heterocycles. The van der Waals surface area contributed by atoms with Crippen LogP contribution in [0.25, 0.3) is 5.52 Å². The molecule has 1 aliphatic heterocycles. The van der Waals surface area contributed by atoms with Crippen LogP contribution in [0.4, 0.5) is 5.69 Å². The molecule has 0 bridgehead atoms. The molecule has 1 saturated heterocycles. The van der Waals surface area contributed by atoms with Gasteiger partial charge in [0.15, 0.2) is 0 Å². The van der Waals surface area contributed by atoms with Crippen molar-refractivity contribution in [3.8, 4) is 5.88 Å². The Bertz CT molecular complexity index is 629. The highest BCUT2D eigenvalue weighted by Crippen LogP contribution is 2.27. The minimum atomic E-state index is 0.560. The van der Waals surface area contributed by atoms with E-state index in [-0.39, 0.29) is 0 Å². The summed E-state index contributed by atoms with van der Waals surface area (Å²) in [7, 11) is 0. The fourth-order valence-corrected chi connectivity index (χ4v) is 2.90. The van der Waals surface area contributed by atoms with Gasteiger partial charge in [-0.1, -0.05) is 6.07 Å². The Morgan fingerprint density at radius 1 is 1.24 bits per heavy atom. The van der Waals surface area contributed by atoms with E-state index in [4.69, 9.17) is 10.5 Å². The predicted octanol–water partition coefficient (Wildman–Crippen LogP) is 2.40. The van der Waals surface area contributed by atoms with Gasteiger partial charge < -0.3 is 15.4 Å². The molecule has 3 heterocycles. The molecule has 5 heteroatoms. The third kappa shape index (κ3) is 2.83. The standard InChI is InChI=1S/C16H24N4O/c1-12-6-7-14-15(17)16(18-20(14)13(12)2)21-11-5-10-19-8-3-4-9-19/h6-7H,3-5,8-11,17H2,1-2H3. The maximum atomic E-state index is 6.14. The van der Waals surface area contributed by atoms with Gasteiger partial charge in [0.2, 0.25) is 0 Å². The molecule has 0 spiro atoms. The second kappa shape index (κ2) is 5.93. The van der Waals surface area contributed by atoms with Crippen LogP contribution < -0.4 is 10.5 Å². The molecule has 0 unspecified atom stereocenters. The lowest BCUT2D eigenvalue weighted by molar-refractivity contribution is 0.257. The highest BCUT2D eigenvalue weighted by molar-refractivity contribution is 5.75. The van der Waals surface area contributed by atoms with Gasteiger partial charge in [-0.3, -0.25) is 0 Å². The number of anilines is 1. The van der Waals surface area contributed by atoms with E-state index in [0.717, 1.165) is 24.2 Å². The molecule has 0 aliphatic carbocycles. The summed E-state index contributed by atoms with van der Waals surface area (Å²) in [6.45, 7) is 8.35. The topological polar surface area (TPSA) is 55.8 Å². The van der Waals surface area contributed by atoms with Crippen LogP contribution in [0, 0.1) is 13.8 Å². The third-order valence-electron chi connectivity index (χ3n) is 4.36. The fourth-order valence-electron chi connectivity index (χ4n) is 2.90. The molecule has 0 atom stereocenters. The molecule has 2 N–H and O–H groups in total. The number of aryl methyl sites for hydroxylation is 2. The first kappa shape index (κ1) is 14.2. The number of pyridine rings is 1. The lowest BCUT2D eigenvalue weighted by atomic mass is 10.2. The number of nitrogens with zero attached hydrogens (tertiary/aromatic N) is 3. The van der Waals surface area contributed by atoms with Gasteiger partial charge in [0.1, 0.15) is 5.69 Å². The van der Waals surface area contributed by atoms with Gasteiger partial charge in [0.05, 0.1) is 12.1 Å². The lowest BCUT2D eigenvalue weighted by Gasteiger charge is -2.13. The van der Waals surface area contributed by atoms with Crippen LogP contribution >= 0.6 is 0 Å². The number of hydrogen-bond donors (Lipinski definition) is 1. The smallest absolute Gasteiger partial charge is 0.257 e. The van der Waals surface area contributed by atoms with Crippen molar-refractivity contribution in [2.45, 2.75) is 33.1 Å². The van der Waals surface area contributed by atoms with E-state index in [1.54, 1.807) is 0 Å². The first-order chi connectivity index (χ1) is 10.2. The van der Waals surface area contributed by atoms with Gasteiger partial charge in [-0.2, -0.15) is 0 Å². The summed E-state index contributed by atoms with van der Waals surface area (Å²) in [6.07, 6.45) is 3.68. The molecule has 0 aromatic carbocycles. The summed E-state index contributed by atoms with van der Waals surface area (Å²) in [4.78, 5) is 2.49. The monoisotopic (exact) mass is 288 g/mol. The molecular formula is C16H24N4O. The lowest BCUT2D eigenvalue weighted by Crippen LogP contribution is -2.22. The van der Waals surface area contributed by atoms with Crippen LogP contribution in [-0.2, 0) is 0 Å². The van der Waals surface area contributed by atoms with Crippen LogP contribution in [0.3, 0.4) is 0 Å². The fraction of sp³-hybridized carbons (Fsp3) is 0.562. The van der Waals surface area contributed by atoms with Crippen molar-refractivity contribution >= 4 is 11.2 Å². The summed E-state index contributed by atoms with van der Waals surface area (Å²) >= 11 is 0. The van der Waals surface area contributed by atoms with E-state index in [1.807, 2.05) is 17.5 Å². The number of aromatic nitrogens is 2. The normalized spacial score (nSPS) is 15.9. The molecule has 0 radical (unpaired) electrons. The van der Waals surface area contributed by atoms with Crippen LogP contribution in [-0.4, -0.2) is 40.8 Å². The molecular weight excluding hydrogens is 264 g/mol. The zero-order chi connectivity index (χ0) is 14.8. The number of nitrogens with two attached hydrogens (primary N) is 1. The van der Waals surface area contributed by atoms with E-state index in [0.29, 0.717) is 18.2 Å². The number of fused-ring (bicyclic) bond motifs is 1. The average Bonchev–Trinajstić information content (AvgIpc) is 3.09. The summed E-state index contributed by atoms with van der Waals surface area (Å²) in [5.74, 6) is 0.560. The molecule has 0 amide bonds. The van der Waals surface area contributed by atoms with Crippen molar-refractivity contribution in [1.29, 1.82) is 0 Å². The Labute approximate surface area is 125 Å². The van der Waals surface area contributed by atoms with Crippen LogP contribution in [0.5, 0.6) is 5.88 Å². The Kier molecular flexibility index (Phi) is 4.01. The number of likely N-dealkylation sites (tertiary alicyclic amines) is 1. The summed E-state index contributed by atoms with van der Waals surface area (Å²) in [6, 6.07) is 4.07. The van der Waals surface area contributed by atoms with Gasteiger partial charge >= 0.3 is 0 Å². The summed E-state index contributed by atoms with van der Waals surface area (Å²) in [5.41, 5.74) is 10.0. The van der Waals surface area contributed by atoms with Gasteiger partial charge in [0.25, 0.3) is 5.88 Å². The van der Waals surface area contributed by atoms with E-state index < -0.39 is 0 Å². The highest BCUT2D eigenvalue weighted by atomic mass is 16.5. The van der Waals surface area contributed by atoms with Crippen LogP contribution in [0.15, 0.2) is 12.1 Å². The van der Waals surface area contributed by atoms with Gasteiger partial charge in [-0.15, -0.1) is 5.10 Å². The zero-order valence-electron chi connectivity index (χ0n) is 12.9. The quantitative estimate of drug-likeness (QED) is 0.858. The maximum Gasteiger partial charge on any atom is 0.257 e. The van der Waals surface area contributed by atoms with Gasteiger partial charge in [-0.05, 0) is 57.8 Å². The minimum absolute atomic E-state index is 0.560. The first-order valence-corrected chi connectivity index (χ1v) is 7.76. The number of nitrogen functional groups attached to an aromatic ring is 1. The second-order valence-corrected chi connectivity index (χ2v) is 5.87. The molecule has 114 valence electrons. The molecule has 3 rings (SSSR count). The average molecular weight is 288 g/mol. The number of rotatable bonds is 5. The molecule has 2 aromatic rings. The van der Waals surface area contributed by atoms with Gasteiger partial charge in [-0.25, -0.2) is 4.52 Å². The maximum absolute atomic E-state index is 6.14. The third-order valence-corrected chi connectivity index (χ3v) is 4.36. The summed E-state index contributed by atoms with van der Waals surface area (Å²) < 4.78 is 7.67. The van der Waals surface area contributed by atoms with E-state index in [9.17, 15) is 0 Å². The molecule has 5 nitrogen and oxygen atoms in total. The molecule has 1 aliphatic rings. The van der Waals surface area contributed by atoms with E-state index in [2.05, 4.69) is 23.0 Å². The van der Waals surface area contributed by atoms with Crippen LogP contribution in [0.1, 0.15) is 30.5 Å². The Morgan fingerprint density at radius 3 is 2.76 bits per heavy atom. The number of hydrogen-bond acceptors (Lipinski definition) is 4. The van der Waals surface area contributed by atoms with Crippen molar-refractivity contribution in [1.82, 2.24) is 14.5 Å². The largest absolute Gasteiger partial charge is 0.475 e. The van der Waals surface area contributed by atoms with Crippen LogP contribution in [0.2, 0.25) is 0 Å². The Morgan fingerprint density at radius 2 is 2.00 bits per heavy atom. The Hall–Kier alpha value is -1.75. The molecule has 21 heavy (non-hydrogen) atoms. The van der Waals surface area contributed by atoms with Gasteiger partial charge in [0, 0.05) is 12.2 Å². The second-order valence-electron chi connectivity index (χ2n) is 5.87. The van der Waals surface area contributed by atoms with E-state index >= 15 is 0 Å². The minimum Gasteiger partial charge on any atom is -0.475 e. The zero-order valence-corrected chi connectivity index (χ0v) is 12.9. The first-order valence-electron chi connectivity index (χ1n) is 7.76. The van der Waals surface area contributed by atoms with E-state index in [1.165, 1.54) is 31.5 Å².